The Kier molecular flexibility index (Phi) is 4.10. The van der Waals surface area contributed by atoms with E-state index in [1.165, 1.54) is 11.4 Å². The van der Waals surface area contributed by atoms with Gasteiger partial charge in [-0.15, -0.1) is 0 Å². The average molecular weight is 363 g/mol. The van der Waals surface area contributed by atoms with Gasteiger partial charge in [0.15, 0.2) is 5.76 Å². The minimum Gasteiger partial charge on any atom is -0.359 e. The summed E-state index contributed by atoms with van der Waals surface area (Å²) in [5.74, 6) is 0.933. The Labute approximate surface area is 159 Å². The van der Waals surface area contributed by atoms with Crippen molar-refractivity contribution in [2.45, 2.75) is 31.3 Å². The highest BCUT2D eigenvalue weighted by Crippen LogP contribution is 2.41. The van der Waals surface area contributed by atoms with E-state index >= 15 is 0 Å². The molecule has 2 aromatic heterocycles. The zero-order chi connectivity index (χ0) is 18.3. The Morgan fingerprint density at radius 1 is 1.15 bits per heavy atom. The lowest BCUT2D eigenvalue weighted by Gasteiger charge is -2.49. The summed E-state index contributed by atoms with van der Waals surface area (Å²) in [5.41, 5.74) is 4.68. The van der Waals surface area contributed by atoms with Gasteiger partial charge in [-0.3, -0.25) is 9.80 Å². The minimum atomic E-state index is 0.0840. The molecule has 2 aliphatic rings. The third kappa shape index (κ3) is 2.89. The second-order valence-corrected chi connectivity index (χ2v) is 7.75. The molecule has 1 aromatic carbocycles. The number of aromatic amines is 1. The topological polar surface area (TPSA) is 61.2 Å². The molecule has 5 rings (SSSR count). The molecule has 4 heterocycles. The summed E-state index contributed by atoms with van der Waals surface area (Å²) in [4.78, 5) is 13.0. The van der Waals surface area contributed by atoms with Crippen LogP contribution in [0, 0.1) is 0 Å². The smallest absolute Gasteiger partial charge is 0.151 e. The number of aromatic nitrogens is 3. The fourth-order valence-electron chi connectivity index (χ4n) is 4.64. The van der Waals surface area contributed by atoms with Gasteiger partial charge in [0.2, 0.25) is 0 Å². The highest BCUT2D eigenvalue weighted by molar-refractivity contribution is 5.58. The number of likely N-dealkylation sites (tertiary alicyclic amines) is 1. The second kappa shape index (κ2) is 6.62. The Balaban J connectivity index is 1.28. The number of likely N-dealkylation sites (N-methyl/N-ethyl adjacent to an activating group) is 1. The van der Waals surface area contributed by atoms with Crippen LogP contribution in [-0.2, 0) is 18.5 Å². The highest BCUT2D eigenvalue weighted by Gasteiger charge is 2.44. The van der Waals surface area contributed by atoms with Crippen LogP contribution in [0.15, 0.2) is 47.2 Å². The van der Waals surface area contributed by atoms with Crippen LogP contribution in [-0.4, -0.2) is 51.6 Å². The van der Waals surface area contributed by atoms with Crippen LogP contribution in [0.5, 0.6) is 0 Å². The van der Waals surface area contributed by atoms with Gasteiger partial charge in [-0.2, -0.15) is 0 Å². The van der Waals surface area contributed by atoms with E-state index in [4.69, 9.17) is 4.52 Å². The van der Waals surface area contributed by atoms with E-state index in [9.17, 15) is 0 Å². The average Bonchev–Trinajstić information content (AvgIpc) is 3.37. The summed E-state index contributed by atoms with van der Waals surface area (Å²) in [7, 11) is 2.25. The molecule has 0 saturated carbocycles. The number of piperidine rings is 1. The van der Waals surface area contributed by atoms with E-state index in [-0.39, 0.29) is 5.54 Å². The molecular formula is C21H25N5O. The van der Waals surface area contributed by atoms with Gasteiger partial charge in [-0.05, 0) is 19.9 Å². The monoisotopic (exact) mass is 363 g/mol. The molecule has 140 valence electrons. The third-order valence-electron chi connectivity index (χ3n) is 6.28. The lowest BCUT2D eigenvalue weighted by atomic mass is 9.79. The van der Waals surface area contributed by atoms with Crippen LogP contribution in [0.3, 0.4) is 0 Å². The van der Waals surface area contributed by atoms with Gasteiger partial charge < -0.3 is 9.51 Å². The number of rotatable bonds is 3. The molecule has 0 atom stereocenters. The normalized spacial score (nSPS) is 20.0. The SMILES string of the molecule is CN1CCc2[nH]cnc2C12CCN(Cc1cc(-c3ccccc3)no1)CC2. The zero-order valence-electron chi connectivity index (χ0n) is 15.7. The van der Waals surface area contributed by atoms with E-state index in [1.54, 1.807) is 0 Å². The molecule has 6 nitrogen and oxygen atoms in total. The van der Waals surface area contributed by atoms with Crippen molar-refractivity contribution in [3.63, 3.8) is 0 Å². The van der Waals surface area contributed by atoms with Gasteiger partial charge in [0.25, 0.3) is 0 Å². The van der Waals surface area contributed by atoms with E-state index in [1.807, 2.05) is 24.5 Å². The Hall–Kier alpha value is -2.44. The molecule has 3 aromatic rings. The first-order valence-electron chi connectivity index (χ1n) is 9.72. The van der Waals surface area contributed by atoms with Crippen LogP contribution < -0.4 is 0 Å². The molecule has 6 heteroatoms. The maximum absolute atomic E-state index is 5.60. The van der Waals surface area contributed by atoms with Crippen molar-refractivity contribution in [3.05, 3.63) is 59.9 Å². The molecule has 0 amide bonds. The van der Waals surface area contributed by atoms with Crippen molar-refractivity contribution in [1.82, 2.24) is 24.9 Å². The molecular weight excluding hydrogens is 338 g/mol. The molecule has 0 unspecified atom stereocenters. The predicted octanol–water partition coefficient (Wildman–Crippen LogP) is 3.04. The first-order chi connectivity index (χ1) is 13.2. The van der Waals surface area contributed by atoms with Gasteiger partial charge in [-0.25, -0.2) is 4.98 Å². The third-order valence-corrected chi connectivity index (χ3v) is 6.28. The first-order valence-corrected chi connectivity index (χ1v) is 9.72. The second-order valence-electron chi connectivity index (χ2n) is 7.75. The molecule has 0 aliphatic carbocycles. The molecule has 1 spiro atoms. The summed E-state index contributed by atoms with van der Waals surface area (Å²) in [6.45, 7) is 3.99. The van der Waals surface area contributed by atoms with E-state index in [0.717, 1.165) is 62.5 Å². The van der Waals surface area contributed by atoms with Crippen molar-refractivity contribution < 1.29 is 4.52 Å². The number of fused-ring (bicyclic) bond motifs is 2. The Bertz CT molecular complexity index is 908. The van der Waals surface area contributed by atoms with Crippen LogP contribution in [0.1, 0.15) is 30.0 Å². The molecule has 0 radical (unpaired) electrons. The van der Waals surface area contributed by atoms with Gasteiger partial charge >= 0.3 is 0 Å². The highest BCUT2D eigenvalue weighted by atomic mass is 16.5. The molecule has 1 fully saturated rings. The van der Waals surface area contributed by atoms with E-state index in [2.05, 4.69) is 50.2 Å². The lowest BCUT2D eigenvalue weighted by Crippen LogP contribution is -2.54. The molecule has 1 N–H and O–H groups in total. The standard InChI is InChI=1S/C21H25N5O/c1-25-10-7-18-20(23-15-22-18)21(25)8-11-26(12-9-21)14-17-13-19(24-27-17)16-5-3-2-4-6-16/h2-6,13,15H,7-12,14H2,1H3,(H,22,23). The van der Waals surface area contributed by atoms with Gasteiger partial charge in [-0.1, -0.05) is 35.5 Å². The Morgan fingerprint density at radius 3 is 2.78 bits per heavy atom. The predicted molar refractivity (Wildman–Crippen MR) is 103 cm³/mol. The number of nitrogens with one attached hydrogen (secondary N) is 1. The number of imidazole rings is 1. The summed E-state index contributed by atoms with van der Waals surface area (Å²) in [6.07, 6.45) is 5.12. The van der Waals surface area contributed by atoms with Crippen molar-refractivity contribution in [2.24, 2.45) is 0 Å². The largest absolute Gasteiger partial charge is 0.359 e. The van der Waals surface area contributed by atoms with Crippen LogP contribution in [0.2, 0.25) is 0 Å². The maximum atomic E-state index is 5.60. The van der Waals surface area contributed by atoms with Crippen LogP contribution in [0.25, 0.3) is 11.3 Å². The van der Waals surface area contributed by atoms with Gasteiger partial charge in [0, 0.05) is 43.4 Å². The van der Waals surface area contributed by atoms with Crippen molar-refractivity contribution in [3.8, 4) is 11.3 Å². The molecule has 27 heavy (non-hydrogen) atoms. The molecule has 1 saturated heterocycles. The number of H-pyrrole nitrogens is 1. The number of hydrogen-bond donors (Lipinski definition) is 1. The number of nitrogens with zero attached hydrogens (tertiary/aromatic N) is 4. The number of hydrogen-bond acceptors (Lipinski definition) is 5. The van der Waals surface area contributed by atoms with Crippen molar-refractivity contribution in [1.29, 1.82) is 0 Å². The molecule has 2 aliphatic heterocycles. The fraction of sp³-hybridized carbons (Fsp3) is 0.429. The maximum Gasteiger partial charge on any atom is 0.151 e. The van der Waals surface area contributed by atoms with Crippen LogP contribution in [0.4, 0.5) is 0 Å². The zero-order valence-corrected chi connectivity index (χ0v) is 15.7. The summed E-state index contributed by atoms with van der Waals surface area (Å²) < 4.78 is 5.60. The van der Waals surface area contributed by atoms with Crippen molar-refractivity contribution >= 4 is 0 Å². The number of benzene rings is 1. The van der Waals surface area contributed by atoms with E-state index < -0.39 is 0 Å². The Morgan fingerprint density at radius 2 is 1.96 bits per heavy atom. The lowest BCUT2D eigenvalue weighted by molar-refractivity contribution is 0.0198. The van der Waals surface area contributed by atoms with E-state index in [0.29, 0.717) is 0 Å². The first kappa shape index (κ1) is 16.7. The van der Waals surface area contributed by atoms with Gasteiger partial charge in [0.05, 0.1) is 24.1 Å². The van der Waals surface area contributed by atoms with Gasteiger partial charge in [0.1, 0.15) is 5.69 Å². The quantitative estimate of drug-likeness (QED) is 0.775. The fourth-order valence-corrected chi connectivity index (χ4v) is 4.64. The summed E-state index contributed by atoms with van der Waals surface area (Å²) in [5, 5.41) is 4.25. The minimum absolute atomic E-state index is 0.0840. The van der Waals surface area contributed by atoms with Crippen molar-refractivity contribution in [2.75, 3.05) is 26.7 Å². The summed E-state index contributed by atoms with van der Waals surface area (Å²) >= 11 is 0. The molecule has 0 bridgehead atoms. The van der Waals surface area contributed by atoms with Crippen LogP contribution >= 0.6 is 0 Å². The summed E-state index contributed by atoms with van der Waals surface area (Å²) in [6, 6.07) is 12.3.